The highest BCUT2D eigenvalue weighted by atomic mass is 16.5. The molecule has 0 atom stereocenters. The highest BCUT2D eigenvalue weighted by Gasteiger charge is 2.17. The molecular formula is C21H26N2O4. The van der Waals surface area contributed by atoms with E-state index in [1.807, 2.05) is 36.4 Å². The van der Waals surface area contributed by atoms with E-state index < -0.39 is 0 Å². The molecule has 0 saturated heterocycles. The zero-order valence-electron chi connectivity index (χ0n) is 15.9. The van der Waals surface area contributed by atoms with Gasteiger partial charge in [0, 0.05) is 25.5 Å². The molecule has 1 aromatic carbocycles. The van der Waals surface area contributed by atoms with E-state index in [2.05, 4.69) is 11.9 Å². The lowest BCUT2D eigenvalue weighted by molar-refractivity contribution is -0.144. The molecule has 1 amide bonds. The Labute approximate surface area is 160 Å². The van der Waals surface area contributed by atoms with Crippen LogP contribution in [0, 0.1) is 0 Å². The van der Waals surface area contributed by atoms with E-state index in [1.54, 1.807) is 24.2 Å². The predicted octanol–water partition coefficient (Wildman–Crippen LogP) is 3.00. The third-order valence-corrected chi connectivity index (χ3v) is 4.03. The number of esters is 1. The molecule has 0 fully saturated rings. The lowest BCUT2D eigenvalue weighted by atomic mass is 10.2. The van der Waals surface area contributed by atoms with Crippen molar-refractivity contribution in [2.45, 2.75) is 33.2 Å². The van der Waals surface area contributed by atoms with Gasteiger partial charge in [-0.1, -0.05) is 25.1 Å². The summed E-state index contributed by atoms with van der Waals surface area (Å²) in [7, 11) is 0. The van der Waals surface area contributed by atoms with Crippen LogP contribution >= 0.6 is 0 Å². The molecule has 0 saturated carbocycles. The van der Waals surface area contributed by atoms with Crippen molar-refractivity contribution in [1.82, 2.24) is 9.88 Å². The van der Waals surface area contributed by atoms with Gasteiger partial charge >= 0.3 is 5.97 Å². The predicted molar refractivity (Wildman–Crippen MR) is 102 cm³/mol. The van der Waals surface area contributed by atoms with Gasteiger partial charge in [0.1, 0.15) is 5.75 Å². The Kier molecular flexibility index (Phi) is 8.29. The largest absolute Gasteiger partial charge is 0.484 e. The fraction of sp³-hybridized carbons (Fsp3) is 0.381. The standard InChI is InChI=1S/C21H26N2O4/c1-3-17-7-9-19(10-8-17)27-16-20(24)23(13-11-21(25)26-4-2)15-18-6-5-12-22-14-18/h5-10,12,14H,3-4,11,13,15-16H2,1-2H3. The van der Waals surface area contributed by atoms with Crippen molar-refractivity contribution in [3.63, 3.8) is 0 Å². The Bertz CT molecular complexity index is 717. The van der Waals surface area contributed by atoms with Crippen LogP contribution in [0.1, 0.15) is 31.4 Å². The third kappa shape index (κ3) is 7.09. The number of carbonyl (C=O) groups excluding carboxylic acids is 2. The summed E-state index contributed by atoms with van der Waals surface area (Å²) in [4.78, 5) is 30.0. The number of rotatable bonds is 10. The van der Waals surface area contributed by atoms with Crippen LogP contribution < -0.4 is 4.74 Å². The zero-order valence-corrected chi connectivity index (χ0v) is 15.9. The molecule has 6 nitrogen and oxygen atoms in total. The second-order valence-electron chi connectivity index (χ2n) is 6.02. The number of benzene rings is 1. The number of carbonyl (C=O) groups is 2. The number of hydrogen-bond acceptors (Lipinski definition) is 5. The molecule has 1 heterocycles. The lowest BCUT2D eigenvalue weighted by Crippen LogP contribution is -2.36. The second-order valence-corrected chi connectivity index (χ2v) is 6.02. The summed E-state index contributed by atoms with van der Waals surface area (Å²) in [6.07, 6.45) is 4.48. The molecule has 0 aliphatic carbocycles. The maximum atomic E-state index is 12.6. The quantitative estimate of drug-likeness (QED) is 0.602. The zero-order chi connectivity index (χ0) is 19.5. The average Bonchev–Trinajstić information content (AvgIpc) is 2.70. The number of pyridine rings is 1. The first kappa shape index (κ1) is 20.4. The number of hydrogen-bond donors (Lipinski definition) is 0. The van der Waals surface area contributed by atoms with Gasteiger partial charge in [-0.15, -0.1) is 0 Å². The number of nitrogens with zero attached hydrogens (tertiary/aromatic N) is 2. The summed E-state index contributed by atoms with van der Waals surface area (Å²) in [6, 6.07) is 11.4. The highest BCUT2D eigenvalue weighted by Crippen LogP contribution is 2.13. The lowest BCUT2D eigenvalue weighted by Gasteiger charge is -2.22. The first-order valence-corrected chi connectivity index (χ1v) is 9.16. The van der Waals surface area contributed by atoms with Crippen LogP contribution in [-0.2, 0) is 27.3 Å². The van der Waals surface area contributed by atoms with Gasteiger partial charge in [-0.2, -0.15) is 0 Å². The van der Waals surface area contributed by atoms with Crippen LogP contribution in [0.5, 0.6) is 5.75 Å². The number of aryl methyl sites for hydroxylation is 1. The first-order chi connectivity index (χ1) is 13.1. The van der Waals surface area contributed by atoms with E-state index in [0.717, 1.165) is 12.0 Å². The summed E-state index contributed by atoms with van der Waals surface area (Å²) in [5.74, 6) is 0.132. The van der Waals surface area contributed by atoms with Crippen LogP contribution in [0.4, 0.5) is 0 Å². The number of amides is 1. The van der Waals surface area contributed by atoms with E-state index in [0.29, 0.717) is 18.9 Å². The van der Waals surface area contributed by atoms with Gasteiger partial charge in [-0.25, -0.2) is 0 Å². The normalized spacial score (nSPS) is 10.3. The maximum Gasteiger partial charge on any atom is 0.307 e. The number of aromatic nitrogens is 1. The van der Waals surface area contributed by atoms with E-state index in [-0.39, 0.29) is 31.4 Å². The van der Waals surface area contributed by atoms with Gasteiger partial charge in [0.05, 0.1) is 13.0 Å². The first-order valence-electron chi connectivity index (χ1n) is 9.16. The van der Waals surface area contributed by atoms with Gasteiger partial charge in [0.15, 0.2) is 6.61 Å². The highest BCUT2D eigenvalue weighted by molar-refractivity contribution is 5.78. The summed E-state index contributed by atoms with van der Waals surface area (Å²) in [5, 5.41) is 0. The van der Waals surface area contributed by atoms with Crippen molar-refractivity contribution in [1.29, 1.82) is 0 Å². The Balaban J connectivity index is 1.96. The Hall–Kier alpha value is -2.89. The van der Waals surface area contributed by atoms with Gasteiger partial charge in [-0.05, 0) is 42.7 Å². The van der Waals surface area contributed by atoms with Crippen molar-refractivity contribution >= 4 is 11.9 Å². The van der Waals surface area contributed by atoms with Crippen LogP contribution in [0.25, 0.3) is 0 Å². The average molecular weight is 370 g/mol. The third-order valence-electron chi connectivity index (χ3n) is 4.03. The molecular weight excluding hydrogens is 344 g/mol. The van der Waals surface area contributed by atoms with Crippen LogP contribution in [0.2, 0.25) is 0 Å². The van der Waals surface area contributed by atoms with E-state index >= 15 is 0 Å². The van der Waals surface area contributed by atoms with Crippen molar-refractivity contribution < 1.29 is 19.1 Å². The fourth-order valence-electron chi connectivity index (χ4n) is 2.52. The summed E-state index contributed by atoms with van der Waals surface area (Å²) >= 11 is 0. The van der Waals surface area contributed by atoms with Crippen LogP contribution in [-0.4, -0.2) is 41.5 Å². The minimum Gasteiger partial charge on any atom is -0.484 e. The molecule has 144 valence electrons. The van der Waals surface area contributed by atoms with Gasteiger partial charge in [0.2, 0.25) is 0 Å². The maximum absolute atomic E-state index is 12.6. The van der Waals surface area contributed by atoms with Gasteiger partial charge in [0.25, 0.3) is 5.91 Å². The molecule has 6 heteroatoms. The molecule has 0 aliphatic rings. The van der Waals surface area contributed by atoms with Crippen molar-refractivity contribution in [2.75, 3.05) is 19.8 Å². The van der Waals surface area contributed by atoms with Crippen LogP contribution in [0.3, 0.4) is 0 Å². The van der Waals surface area contributed by atoms with Gasteiger partial charge < -0.3 is 14.4 Å². The summed E-state index contributed by atoms with van der Waals surface area (Å²) < 4.78 is 10.6. The topological polar surface area (TPSA) is 68.7 Å². The fourth-order valence-corrected chi connectivity index (χ4v) is 2.52. The molecule has 0 N–H and O–H groups in total. The van der Waals surface area contributed by atoms with Gasteiger partial charge in [-0.3, -0.25) is 14.6 Å². The minimum absolute atomic E-state index is 0.0887. The Morgan fingerprint density at radius 3 is 2.48 bits per heavy atom. The molecule has 2 rings (SSSR count). The molecule has 2 aromatic rings. The van der Waals surface area contributed by atoms with E-state index in [9.17, 15) is 9.59 Å². The van der Waals surface area contributed by atoms with Crippen molar-refractivity contribution in [3.8, 4) is 5.75 Å². The molecule has 0 radical (unpaired) electrons. The SMILES string of the molecule is CCOC(=O)CCN(Cc1cccnc1)C(=O)COc1ccc(CC)cc1. The second kappa shape index (κ2) is 11.0. The summed E-state index contributed by atoms with van der Waals surface area (Å²) in [5.41, 5.74) is 2.10. The molecule has 1 aromatic heterocycles. The van der Waals surface area contributed by atoms with Crippen molar-refractivity contribution in [2.24, 2.45) is 0 Å². The molecule has 0 unspecified atom stereocenters. The Morgan fingerprint density at radius 1 is 1.07 bits per heavy atom. The van der Waals surface area contributed by atoms with Crippen LogP contribution in [0.15, 0.2) is 48.8 Å². The monoisotopic (exact) mass is 370 g/mol. The number of ether oxygens (including phenoxy) is 2. The smallest absolute Gasteiger partial charge is 0.307 e. The molecule has 0 spiro atoms. The molecule has 0 bridgehead atoms. The van der Waals surface area contributed by atoms with E-state index in [1.165, 1.54) is 5.56 Å². The molecule has 0 aliphatic heterocycles. The Morgan fingerprint density at radius 2 is 1.85 bits per heavy atom. The minimum atomic E-state index is -0.322. The molecule has 27 heavy (non-hydrogen) atoms. The van der Waals surface area contributed by atoms with E-state index in [4.69, 9.17) is 9.47 Å². The van der Waals surface area contributed by atoms with Crippen molar-refractivity contribution in [3.05, 3.63) is 59.9 Å². The summed E-state index contributed by atoms with van der Waals surface area (Å²) in [6.45, 7) is 4.71.